The van der Waals surface area contributed by atoms with Gasteiger partial charge in [0.05, 0.1) is 5.02 Å². The van der Waals surface area contributed by atoms with Crippen LogP contribution in [0.2, 0.25) is 5.02 Å². The number of fused-ring (bicyclic) bond motifs is 1. The molecule has 1 atom stereocenters. The second-order valence-electron chi connectivity index (χ2n) is 5.05. The first kappa shape index (κ1) is 12.4. The standard InChI is InChI=1S/C15H13ClFNO/c1-9-5-6-13-10(7-9)8-14(19)18(13)15-11(16)3-2-4-12(15)17/h2-4,6,8-9H,5,7H2,1H3. The normalized spacial score (nSPS) is 22.2. The Kier molecular flexibility index (Phi) is 2.94. The SMILES string of the molecule is CC1CC=C2C(=CC(=O)N2c2c(F)cccc2Cl)C1. The molecule has 0 radical (unpaired) electrons. The molecule has 1 aromatic rings. The molecule has 19 heavy (non-hydrogen) atoms. The average Bonchev–Trinajstić information content (AvgIpc) is 2.65. The molecule has 1 heterocycles. The van der Waals surface area contributed by atoms with E-state index in [1.165, 1.54) is 17.0 Å². The van der Waals surface area contributed by atoms with Crippen molar-refractivity contribution < 1.29 is 9.18 Å². The monoisotopic (exact) mass is 277 g/mol. The molecule has 4 heteroatoms. The van der Waals surface area contributed by atoms with Crippen LogP contribution in [0.3, 0.4) is 0 Å². The molecule has 2 nitrogen and oxygen atoms in total. The van der Waals surface area contributed by atoms with Crippen LogP contribution in [0.5, 0.6) is 0 Å². The fourth-order valence-corrected chi connectivity index (χ4v) is 2.89. The summed E-state index contributed by atoms with van der Waals surface area (Å²) in [6, 6.07) is 4.45. The molecule has 0 fully saturated rings. The summed E-state index contributed by atoms with van der Waals surface area (Å²) in [5, 5.41) is 0.252. The average molecular weight is 278 g/mol. The van der Waals surface area contributed by atoms with Crippen molar-refractivity contribution in [3.05, 3.63) is 52.5 Å². The van der Waals surface area contributed by atoms with Gasteiger partial charge in [-0.2, -0.15) is 0 Å². The molecule has 1 aliphatic carbocycles. The Balaban J connectivity index is 2.10. The maximum atomic E-state index is 14.0. The second-order valence-corrected chi connectivity index (χ2v) is 5.46. The number of para-hydroxylation sites is 1. The highest BCUT2D eigenvalue weighted by atomic mass is 35.5. The van der Waals surface area contributed by atoms with Crippen molar-refractivity contribution in [2.24, 2.45) is 5.92 Å². The highest BCUT2D eigenvalue weighted by Crippen LogP contribution is 2.41. The highest BCUT2D eigenvalue weighted by molar-refractivity contribution is 6.34. The maximum Gasteiger partial charge on any atom is 0.256 e. The molecule has 2 aliphatic rings. The zero-order valence-corrected chi connectivity index (χ0v) is 11.2. The van der Waals surface area contributed by atoms with Gasteiger partial charge in [0.25, 0.3) is 5.91 Å². The summed E-state index contributed by atoms with van der Waals surface area (Å²) in [4.78, 5) is 13.5. The number of carbonyl (C=O) groups is 1. The van der Waals surface area contributed by atoms with Crippen LogP contribution < -0.4 is 4.90 Å². The lowest BCUT2D eigenvalue weighted by Crippen LogP contribution is -2.26. The fraction of sp³-hybridized carbons (Fsp3) is 0.267. The minimum Gasteiger partial charge on any atom is -0.273 e. The van der Waals surface area contributed by atoms with E-state index in [9.17, 15) is 9.18 Å². The number of halogens is 2. The van der Waals surface area contributed by atoms with Gasteiger partial charge < -0.3 is 0 Å². The molecule has 1 aliphatic heterocycles. The molecule has 0 spiro atoms. The van der Waals surface area contributed by atoms with Gasteiger partial charge in [0, 0.05) is 11.8 Å². The van der Waals surface area contributed by atoms with Crippen LogP contribution >= 0.6 is 11.6 Å². The van der Waals surface area contributed by atoms with Gasteiger partial charge in [-0.25, -0.2) is 4.39 Å². The van der Waals surface area contributed by atoms with Crippen LogP contribution in [0.4, 0.5) is 10.1 Å². The van der Waals surface area contributed by atoms with E-state index in [-0.39, 0.29) is 16.6 Å². The van der Waals surface area contributed by atoms with Gasteiger partial charge in [-0.05, 0) is 36.5 Å². The first-order chi connectivity index (χ1) is 9.08. The van der Waals surface area contributed by atoms with Crippen LogP contribution in [-0.2, 0) is 4.79 Å². The third kappa shape index (κ3) is 1.98. The van der Waals surface area contributed by atoms with Gasteiger partial charge in [-0.3, -0.25) is 9.69 Å². The van der Waals surface area contributed by atoms with E-state index in [0.717, 1.165) is 24.1 Å². The molecule has 1 aromatic carbocycles. The quantitative estimate of drug-likeness (QED) is 0.758. The Hall–Kier alpha value is -1.61. The van der Waals surface area contributed by atoms with Crippen molar-refractivity contribution in [3.63, 3.8) is 0 Å². The van der Waals surface area contributed by atoms with Gasteiger partial charge in [-0.1, -0.05) is 30.7 Å². The summed E-state index contributed by atoms with van der Waals surface area (Å²) in [5.41, 5.74) is 1.92. The zero-order chi connectivity index (χ0) is 13.6. The molecule has 98 valence electrons. The Morgan fingerprint density at radius 2 is 2.21 bits per heavy atom. The molecular weight excluding hydrogens is 265 g/mol. The lowest BCUT2D eigenvalue weighted by molar-refractivity contribution is -0.113. The van der Waals surface area contributed by atoms with Crippen LogP contribution in [0.1, 0.15) is 19.8 Å². The Bertz CT molecular complexity index is 600. The number of benzene rings is 1. The van der Waals surface area contributed by atoms with Crippen molar-refractivity contribution >= 4 is 23.2 Å². The number of hydrogen-bond acceptors (Lipinski definition) is 1. The molecule has 0 saturated carbocycles. The number of allylic oxidation sites excluding steroid dienone is 2. The maximum absolute atomic E-state index is 14.0. The molecule has 0 aromatic heterocycles. The summed E-state index contributed by atoms with van der Waals surface area (Å²) in [7, 11) is 0. The number of anilines is 1. The smallest absolute Gasteiger partial charge is 0.256 e. The third-order valence-corrected chi connectivity index (χ3v) is 3.84. The first-order valence-electron chi connectivity index (χ1n) is 6.27. The van der Waals surface area contributed by atoms with Gasteiger partial charge in [0.15, 0.2) is 0 Å². The van der Waals surface area contributed by atoms with Gasteiger partial charge in [0.1, 0.15) is 11.5 Å². The summed E-state index contributed by atoms with van der Waals surface area (Å²) in [5.74, 6) is -0.184. The molecule has 1 amide bonds. The Morgan fingerprint density at radius 3 is 2.95 bits per heavy atom. The van der Waals surface area contributed by atoms with E-state index in [2.05, 4.69) is 6.92 Å². The van der Waals surface area contributed by atoms with E-state index >= 15 is 0 Å². The van der Waals surface area contributed by atoms with Crippen LogP contribution in [-0.4, -0.2) is 5.91 Å². The number of rotatable bonds is 1. The van der Waals surface area contributed by atoms with Gasteiger partial charge >= 0.3 is 0 Å². The number of amides is 1. The van der Waals surface area contributed by atoms with Crippen molar-refractivity contribution in [1.82, 2.24) is 0 Å². The van der Waals surface area contributed by atoms with E-state index < -0.39 is 5.82 Å². The Labute approximate surface area is 116 Å². The highest BCUT2D eigenvalue weighted by Gasteiger charge is 2.33. The molecular formula is C15H13ClFNO. The van der Waals surface area contributed by atoms with Gasteiger partial charge in [-0.15, -0.1) is 0 Å². The van der Waals surface area contributed by atoms with E-state index in [1.54, 1.807) is 12.1 Å². The third-order valence-electron chi connectivity index (χ3n) is 3.53. The largest absolute Gasteiger partial charge is 0.273 e. The van der Waals surface area contributed by atoms with Gasteiger partial charge in [0.2, 0.25) is 0 Å². The van der Waals surface area contributed by atoms with Crippen LogP contribution in [0.25, 0.3) is 0 Å². The predicted octanol–water partition coefficient (Wildman–Crippen LogP) is 4.07. The molecule has 0 bridgehead atoms. The van der Waals surface area contributed by atoms with Crippen LogP contribution in [0, 0.1) is 11.7 Å². The summed E-state index contributed by atoms with van der Waals surface area (Å²) in [6.07, 6.45) is 5.32. The van der Waals surface area contributed by atoms with E-state index in [4.69, 9.17) is 11.6 Å². The summed E-state index contributed by atoms with van der Waals surface area (Å²) in [6.45, 7) is 2.14. The second kappa shape index (κ2) is 4.49. The minimum atomic E-state index is -0.477. The minimum absolute atomic E-state index is 0.154. The fourth-order valence-electron chi connectivity index (χ4n) is 2.64. The number of nitrogens with zero attached hydrogens (tertiary/aromatic N) is 1. The van der Waals surface area contributed by atoms with Crippen molar-refractivity contribution in [2.45, 2.75) is 19.8 Å². The molecule has 3 rings (SSSR count). The van der Waals surface area contributed by atoms with Crippen molar-refractivity contribution in [1.29, 1.82) is 0 Å². The molecule has 1 unspecified atom stereocenters. The van der Waals surface area contributed by atoms with Crippen molar-refractivity contribution in [3.8, 4) is 0 Å². The summed E-state index contributed by atoms with van der Waals surface area (Å²) >= 11 is 6.05. The van der Waals surface area contributed by atoms with E-state index in [1.807, 2.05) is 6.08 Å². The van der Waals surface area contributed by atoms with Crippen molar-refractivity contribution in [2.75, 3.05) is 4.90 Å². The lowest BCUT2D eigenvalue weighted by Gasteiger charge is -2.26. The number of carbonyl (C=O) groups excluding carboxylic acids is 1. The first-order valence-corrected chi connectivity index (χ1v) is 6.65. The Morgan fingerprint density at radius 1 is 1.42 bits per heavy atom. The van der Waals surface area contributed by atoms with Crippen LogP contribution in [0.15, 0.2) is 41.6 Å². The molecule has 0 N–H and O–H groups in total. The molecule has 0 saturated heterocycles. The summed E-state index contributed by atoms with van der Waals surface area (Å²) < 4.78 is 14.0. The predicted molar refractivity (Wildman–Crippen MR) is 73.5 cm³/mol. The zero-order valence-electron chi connectivity index (χ0n) is 10.5. The topological polar surface area (TPSA) is 20.3 Å². The van der Waals surface area contributed by atoms with E-state index in [0.29, 0.717) is 5.92 Å². The lowest BCUT2D eigenvalue weighted by atomic mass is 9.90. The number of hydrogen-bond donors (Lipinski definition) is 0.